The van der Waals surface area contributed by atoms with E-state index in [2.05, 4.69) is 15.5 Å². The van der Waals surface area contributed by atoms with Crippen LogP contribution in [0.25, 0.3) is 11.5 Å². The van der Waals surface area contributed by atoms with Crippen molar-refractivity contribution >= 4 is 34.9 Å². The van der Waals surface area contributed by atoms with Crippen LogP contribution < -0.4 is 5.32 Å². The first-order valence-corrected chi connectivity index (χ1v) is 6.98. The van der Waals surface area contributed by atoms with Crippen LogP contribution in [0.1, 0.15) is 9.67 Å². The Labute approximate surface area is 127 Å². The number of carbonyl (C=O) groups is 1. The lowest BCUT2D eigenvalue weighted by Gasteiger charge is -1.97. The normalized spacial score (nSPS) is 10.6. The summed E-state index contributed by atoms with van der Waals surface area (Å²) in [4.78, 5) is 12.3. The number of benzene rings is 1. The molecule has 106 valence electrons. The van der Waals surface area contributed by atoms with Gasteiger partial charge in [0.15, 0.2) is 0 Å². The number of amides is 1. The molecule has 0 unspecified atom stereocenters. The van der Waals surface area contributed by atoms with Crippen LogP contribution in [0.15, 0.2) is 40.8 Å². The summed E-state index contributed by atoms with van der Waals surface area (Å²) in [5.41, 5.74) is 0.171. The van der Waals surface area contributed by atoms with Gasteiger partial charge in [0.25, 0.3) is 11.8 Å². The molecule has 1 N–H and O–H groups in total. The van der Waals surface area contributed by atoms with Crippen molar-refractivity contribution in [2.24, 2.45) is 0 Å². The lowest BCUT2D eigenvalue weighted by Crippen LogP contribution is -2.10. The first-order valence-electron chi connectivity index (χ1n) is 5.78. The van der Waals surface area contributed by atoms with Crippen LogP contribution >= 0.6 is 22.9 Å². The summed E-state index contributed by atoms with van der Waals surface area (Å²) in [6, 6.07) is 9.07. The molecule has 0 bridgehead atoms. The zero-order chi connectivity index (χ0) is 14.8. The average Bonchev–Trinajstić information content (AvgIpc) is 3.08. The Bertz CT molecular complexity index is 802. The molecule has 0 spiro atoms. The van der Waals surface area contributed by atoms with Gasteiger partial charge in [0, 0.05) is 0 Å². The maximum absolute atomic E-state index is 13.6. The number of thiophene rings is 1. The van der Waals surface area contributed by atoms with Gasteiger partial charge in [-0.1, -0.05) is 28.8 Å². The number of nitrogens with zero attached hydrogens (tertiary/aromatic N) is 2. The number of aromatic nitrogens is 2. The van der Waals surface area contributed by atoms with Crippen LogP contribution in [-0.4, -0.2) is 16.1 Å². The summed E-state index contributed by atoms with van der Waals surface area (Å²) in [6.07, 6.45) is 0. The second kappa shape index (κ2) is 5.63. The van der Waals surface area contributed by atoms with Crippen molar-refractivity contribution in [1.82, 2.24) is 10.2 Å². The van der Waals surface area contributed by atoms with E-state index in [0.717, 1.165) is 11.3 Å². The van der Waals surface area contributed by atoms with Crippen LogP contribution in [0, 0.1) is 5.82 Å². The summed E-state index contributed by atoms with van der Waals surface area (Å²) in [5, 5.41) is 9.80. The van der Waals surface area contributed by atoms with Crippen molar-refractivity contribution in [2.45, 2.75) is 0 Å². The number of carbonyl (C=O) groups excluding carboxylic acids is 1. The monoisotopic (exact) mass is 323 g/mol. The molecule has 0 aliphatic carbocycles. The van der Waals surface area contributed by atoms with Gasteiger partial charge in [0.05, 0.1) is 14.8 Å². The van der Waals surface area contributed by atoms with E-state index in [1.54, 1.807) is 24.3 Å². The molecule has 2 aromatic heterocycles. The maximum atomic E-state index is 13.6. The molecule has 1 amide bonds. The molecule has 0 radical (unpaired) electrons. The standard InChI is InChI=1S/C13H7ClFN3O2S/c14-10-6-5-9(21-10)11(19)16-13-18-17-12(20-13)7-3-1-2-4-8(7)15/h1-6H,(H,16,18,19). The van der Waals surface area contributed by atoms with Gasteiger partial charge in [-0.15, -0.1) is 16.4 Å². The van der Waals surface area contributed by atoms with Gasteiger partial charge >= 0.3 is 6.01 Å². The third kappa shape index (κ3) is 2.93. The van der Waals surface area contributed by atoms with E-state index >= 15 is 0 Å². The SMILES string of the molecule is O=C(Nc1nnc(-c2ccccc2F)o1)c1ccc(Cl)s1. The number of rotatable bonds is 3. The molecule has 8 heteroatoms. The Morgan fingerprint density at radius 2 is 2.05 bits per heavy atom. The number of anilines is 1. The van der Waals surface area contributed by atoms with Crippen LogP contribution in [0.4, 0.5) is 10.4 Å². The van der Waals surface area contributed by atoms with Crippen LogP contribution in [0.3, 0.4) is 0 Å². The summed E-state index contributed by atoms with van der Waals surface area (Å²) < 4.78 is 19.3. The first-order chi connectivity index (χ1) is 10.1. The minimum Gasteiger partial charge on any atom is -0.403 e. The van der Waals surface area contributed by atoms with Crippen LogP contribution in [0.2, 0.25) is 4.34 Å². The number of nitrogens with one attached hydrogen (secondary N) is 1. The predicted octanol–water partition coefficient (Wildman–Crippen LogP) is 3.84. The Morgan fingerprint density at radius 1 is 1.24 bits per heavy atom. The Hall–Kier alpha value is -2.25. The first kappa shape index (κ1) is 13.7. The molecule has 0 saturated heterocycles. The third-order valence-corrected chi connectivity index (χ3v) is 3.78. The summed E-state index contributed by atoms with van der Waals surface area (Å²) in [7, 11) is 0. The molecule has 3 aromatic rings. The lowest BCUT2D eigenvalue weighted by molar-refractivity contribution is 0.102. The summed E-state index contributed by atoms with van der Waals surface area (Å²) in [5.74, 6) is -0.910. The van der Waals surface area contributed by atoms with Crippen molar-refractivity contribution < 1.29 is 13.6 Å². The summed E-state index contributed by atoms with van der Waals surface area (Å²) >= 11 is 6.88. The minimum atomic E-state index is -0.482. The van der Waals surface area contributed by atoms with E-state index in [1.807, 2.05) is 0 Å². The van der Waals surface area contributed by atoms with Gasteiger partial charge in [-0.2, -0.15) is 0 Å². The Morgan fingerprint density at radius 3 is 2.76 bits per heavy atom. The fourth-order valence-electron chi connectivity index (χ4n) is 1.61. The van der Waals surface area contributed by atoms with E-state index in [9.17, 15) is 9.18 Å². The fraction of sp³-hybridized carbons (Fsp3) is 0. The van der Waals surface area contributed by atoms with Gasteiger partial charge in [-0.25, -0.2) is 4.39 Å². The highest BCUT2D eigenvalue weighted by Gasteiger charge is 2.15. The van der Waals surface area contributed by atoms with Crippen molar-refractivity contribution in [3.05, 3.63) is 51.4 Å². The van der Waals surface area contributed by atoms with Gasteiger partial charge in [-0.3, -0.25) is 10.1 Å². The van der Waals surface area contributed by atoms with Crippen molar-refractivity contribution in [2.75, 3.05) is 5.32 Å². The molecule has 3 rings (SSSR count). The second-order valence-corrected chi connectivity index (χ2v) is 5.67. The molecule has 0 atom stereocenters. The lowest BCUT2D eigenvalue weighted by atomic mass is 10.2. The fourth-order valence-corrected chi connectivity index (χ4v) is 2.55. The second-order valence-electron chi connectivity index (χ2n) is 3.95. The predicted molar refractivity (Wildman–Crippen MR) is 77.0 cm³/mol. The Balaban J connectivity index is 1.80. The van der Waals surface area contributed by atoms with Gasteiger partial charge in [0.2, 0.25) is 0 Å². The molecule has 21 heavy (non-hydrogen) atoms. The molecule has 5 nitrogen and oxygen atoms in total. The smallest absolute Gasteiger partial charge is 0.322 e. The molecule has 0 saturated carbocycles. The van der Waals surface area contributed by atoms with E-state index in [1.165, 1.54) is 12.1 Å². The zero-order valence-electron chi connectivity index (χ0n) is 10.3. The van der Waals surface area contributed by atoms with E-state index < -0.39 is 11.7 Å². The van der Waals surface area contributed by atoms with Gasteiger partial charge < -0.3 is 4.42 Å². The van der Waals surface area contributed by atoms with Crippen molar-refractivity contribution in [1.29, 1.82) is 0 Å². The minimum absolute atomic E-state index is 0.00684. The highest BCUT2D eigenvalue weighted by molar-refractivity contribution is 7.18. The summed E-state index contributed by atoms with van der Waals surface area (Å²) in [6.45, 7) is 0. The van der Waals surface area contributed by atoms with Crippen molar-refractivity contribution in [3.8, 4) is 11.5 Å². The van der Waals surface area contributed by atoms with Gasteiger partial charge in [0.1, 0.15) is 5.82 Å². The topological polar surface area (TPSA) is 68.0 Å². The molecular formula is C13H7ClFN3O2S. The molecule has 0 aliphatic rings. The van der Waals surface area contributed by atoms with E-state index in [-0.39, 0.29) is 17.5 Å². The Kier molecular flexibility index (Phi) is 3.68. The molecule has 0 fully saturated rings. The molecule has 0 aliphatic heterocycles. The highest BCUT2D eigenvalue weighted by Crippen LogP contribution is 2.24. The number of hydrogen-bond donors (Lipinski definition) is 1. The van der Waals surface area contributed by atoms with Crippen LogP contribution in [0.5, 0.6) is 0 Å². The quantitative estimate of drug-likeness (QED) is 0.795. The third-order valence-electron chi connectivity index (χ3n) is 2.55. The number of hydrogen-bond acceptors (Lipinski definition) is 5. The largest absolute Gasteiger partial charge is 0.403 e. The maximum Gasteiger partial charge on any atom is 0.322 e. The van der Waals surface area contributed by atoms with E-state index in [4.69, 9.17) is 16.0 Å². The highest BCUT2D eigenvalue weighted by atomic mass is 35.5. The average molecular weight is 324 g/mol. The van der Waals surface area contributed by atoms with E-state index in [0.29, 0.717) is 9.21 Å². The molecule has 1 aromatic carbocycles. The van der Waals surface area contributed by atoms with Gasteiger partial charge in [-0.05, 0) is 24.3 Å². The van der Waals surface area contributed by atoms with Crippen LogP contribution in [-0.2, 0) is 0 Å². The number of halogens is 2. The molecular weight excluding hydrogens is 317 g/mol. The van der Waals surface area contributed by atoms with Crippen molar-refractivity contribution in [3.63, 3.8) is 0 Å². The zero-order valence-corrected chi connectivity index (χ0v) is 11.9. The molecule has 2 heterocycles.